The molecule has 138 valence electrons. The van der Waals surface area contributed by atoms with Crippen molar-refractivity contribution in [2.24, 2.45) is 0 Å². The monoisotopic (exact) mass is 368 g/mol. The number of carbonyl (C=O) groups excluding carboxylic acids is 1. The molecule has 2 saturated heterocycles. The van der Waals surface area contributed by atoms with Crippen LogP contribution in [-0.4, -0.2) is 51.5 Å². The first-order valence-electron chi connectivity index (χ1n) is 8.63. The molecule has 0 radical (unpaired) electrons. The van der Waals surface area contributed by atoms with E-state index in [0.717, 1.165) is 25.7 Å². The molecule has 1 atom stereocenters. The lowest BCUT2D eigenvalue weighted by Gasteiger charge is -2.26. The average Bonchev–Trinajstić information content (AvgIpc) is 3.17. The number of anilines is 1. The lowest BCUT2D eigenvalue weighted by molar-refractivity contribution is -0.124. The topological polar surface area (TPSA) is 84.9 Å². The standard InChI is InChI=1S/C17H24N2O5S/c1-23-15-8-7-13(25(21,22)19-9-3-2-4-10-19)12-14(15)18-17(20)16-6-5-11-24-16/h7-8,12,16H,2-6,9-11H2,1H3,(H,18,20)/t16-/m0/s1. The number of benzene rings is 1. The van der Waals surface area contributed by atoms with Crippen LogP contribution in [0.2, 0.25) is 0 Å². The molecule has 2 aliphatic rings. The number of hydrogen-bond donors (Lipinski definition) is 1. The van der Waals surface area contributed by atoms with Gasteiger partial charge in [-0.05, 0) is 43.9 Å². The van der Waals surface area contributed by atoms with Crippen molar-refractivity contribution in [2.45, 2.75) is 43.1 Å². The Bertz CT molecular complexity index is 723. The van der Waals surface area contributed by atoms with E-state index >= 15 is 0 Å². The Morgan fingerprint density at radius 2 is 2.00 bits per heavy atom. The molecule has 7 nitrogen and oxygen atoms in total. The predicted octanol–water partition coefficient (Wildman–Crippen LogP) is 1.99. The summed E-state index contributed by atoms with van der Waals surface area (Å²) in [6.07, 6.45) is 3.82. The molecule has 1 amide bonds. The van der Waals surface area contributed by atoms with Crippen LogP contribution in [-0.2, 0) is 19.6 Å². The van der Waals surface area contributed by atoms with Gasteiger partial charge >= 0.3 is 0 Å². The van der Waals surface area contributed by atoms with E-state index in [1.54, 1.807) is 6.07 Å². The van der Waals surface area contributed by atoms with Gasteiger partial charge in [-0.1, -0.05) is 6.42 Å². The number of sulfonamides is 1. The summed E-state index contributed by atoms with van der Waals surface area (Å²) in [5.41, 5.74) is 0.348. The largest absolute Gasteiger partial charge is 0.495 e. The van der Waals surface area contributed by atoms with Gasteiger partial charge in [0.15, 0.2) is 0 Å². The van der Waals surface area contributed by atoms with Gasteiger partial charge in [0.2, 0.25) is 10.0 Å². The third kappa shape index (κ3) is 3.96. The van der Waals surface area contributed by atoms with Crippen molar-refractivity contribution in [3.8, 4) is 5.75 Å². The van der Waals surface area contributed by atoms with Gasteiger partial charge in [-0.15, -0.1) is 0 Å². The van der Waals surface area contributed by atoms with Crippen LogP contribution in [0.3, 0.4) is 0 Å². The molecule has 8 heteroatoms. The first-order chi connectivity index (χ1) is 12.0. The number of hydrogen-bond acceptors (Lipinski definition) is 5. The molecule has 0 unspecified atom stereocenters. The van der Waals surface area contributed by atoms with E-state index in [-0.39, 0.29) is 10.8 Å². The van der Waals surface area contributed by atoms with Crippen LogP contribution in [0.1, 0.15) is 32.1 Å². The Labute approximate surface area is 148 Å². The van der Waals surface area contributed by atoms with Crippen molar-refractivity contribution in [2.75, 3.05) is 32.1 Å². The van der Waals surface area contributed by atoms with Crippen molar-refractivity contribution in [3.05, 3.63) is 18.2 Å². The lowest BCUT2D eigenvalue weighted by atomic mass is 10.2. The number of carbonyl (C=O) groups is 1. The van der Waals surface area contributed by atoms with E-state index in [1.807, 2.05) is 0 Å². The van der Waals surface area contributed by atoms with Crippen molar-refractivity contribution < 1.29 is 22.7 Å². The molecular formula is C17H24N2O5S. The first-order valence-corrected chi connectivity index (χ1v) is 10.1. The zero-order valence-electron chi connectivity index (χ0n) is 14.4. The first kappa shape index (κ1) is 18.2. The van der Waals surface area contributed by atoms with Gasteiger partial charge in [0.1, 0.15) is 11.9 Å². The summed E-state index contributed by atoms with van der Waals surface area (Å²) in [7, 11) is -2.09. The van der Waals surface area contributed by atoms with Crippen molar-refractivity contribution >= 4 is 21.6 Å². The highest BCUT2D eigenvalue weighted by molar-refractivity contribution is 7.89. The van der Waals surface area contributed by atoms with Crippen molar-refractivity contribution in [1.29, 1.82) is 0 Å². The molecule has 2 aliphatic heterocycles. The fourth-order valence-corrected chi connectivity index (χ4v) is 4.74. The second-order valence-electron chi connectivity index (χ2n) is 6.32. The van der Waals surface area contributed by atoms with Gasteiger partial charge in [0.25, 0.3) is 5.91 Å². The van der Waals surface area contributed by atoms with Gasteiger partial charge < -0.3 is 14.8 Å². The Hall–Kier alpha value is -1.64. The van der Waals surface area contributed by atoms with E-state index < -0.39 is 16.1 Å². The zero-order chi connectivity index (χ0) is 17.9. The number of rotatable bonds is 5. The molecule has 0 bridgehead atoms. The van der Waals surface area contributed by atoms with Crippen LogP contribution >= 0.6 is 0 Å². The van der Waals surface area contributed by atoms with E-state index in [2.05, 4.69) is 5.32 Å². The number of ether oxygens (including phenoxy) is 2. The smallest absolute Gasteiger partial charge is 0.253 e. The van der Waals surface area contributed by atoms with Gasteiger partial charge in [-0.3, -0.25) is 4.79 Å². The van der Waals surface area contributed by atoms with Crippen molar-refractivity contribution in [3.63, 3.8) is 0 Å². The second-order valence-corrected chi connectivity index (χ2v) is 8.26. The predicted molar refractivity (Wildman–Crippen MR) is 93.2 cm³/mol. The Balaban J connectivity index is 1.85. The van der Waals surface area contributed by atoms with Gasteiger partial charge in [-0.25, -0.2) is 8.42 Å². The Kier molecular flexibility index (Phi) is 5.61. The number of nitrogens with one attached hydrogen (secondary N) is 1. The maximum Gasteiger partial charge on any atom is 0.253 e. The highest BCUT2D eigenvalue weighted by Crippen LogP contribution is 2.30. The van der Waals surface area contributed by atoms with Gasteiger partial charge in [0.05, 0.1) is 17.7 Å². The number of amides is 1. The Morgan fingerprint density at radius 3 is 2.64 bits per heavy atom. The summed E-state index contributed by atoms with van der Waals surface area (Å²) in [5, 5.41) is 2.75. The molecule has 2 heterocycles. The fraction of sp³-hybridized carbons (Fsp3) is 0.588. The summed E-state index contributed by atoms with van der Waals surface area (Å²) in [6.45, 7) is 1.64. The van der Waals surface area contributed by atoms with Crippen LogP contribution in [0.25, 0.3) is 0 Å². The minimum absolute atomic E-state index is 0.165. The fourth-order valence-electron chi connectivity index (χ4n) is 3.20. The molecule has 1 N–H and O–H groups in total. The third-order valence-corrected chi connectivity index (χ3v) is 6.50. The van der Waals surface area contributed by atoms with Crippen LogP contribution < -0.4 is 10.1 Å². The van der Waals surface area contributed by atoms with Gasteiger partial charge in [-0.2, -0.15) is 4.31 Å². The maximum absolute atomic E-state index is 12.8. The molecule has 0 saturated carbocycles. The van der Waals surface area contributed by atoms with E-state index in [9.17, 15) is 13.2 Å². The molecule has 0 aliphatic carbocycles. The third-order valence-electron chi connectivity index (χ3n) is 4.60. The quantitative estimate of drug-likeness (QED) is 0.859. The van der Waals surface area contributed by atoms with E-state index in [0.29, 0.717) is 37.6 Å². The minimum atomic E-state index is -3.57. The molecule has 0 aromatic heterocycles. The summed E-state index contributed by atoms with van der Waals surface area (Å²) in [4.78, 5) is 12.5. The van der Waals surface area contributed by atoms with Crippen LogP contribution in [0.15, 0.2) is 23.1 Å². The van der Waals surface area contributed by atoms with Gasteiger partial charge in [0, 0.05) is 19.7 Å². The molecule has 25 heavy (non-hydrogen) atoms. The molecule has 2 fully saturated rings. The highest BCUT2D eigenvalue weighted by Gasteiger charge is 2.28. The van der Waals surface area contributed by atoms with E-state index in [4.69, 9.17) is 9.47 Å². The normalized spacial score (nSPS) is 21.9. The maximum atomic E-state index is 12.8. The summed E-state index contributed by atoms with van der Waals surface area (Å²) in [5.74, 6) is 0.146. The molecule has 3 rings (SSSR count). The SMILES string of the molecule is COc1ccc(S(=O)(=O)N2CCCCC2)cc1NC(=O)[C@@H]1CCCO1. The number of piperidine rings is 1. The molecular weight excluding hydrogens is 344 g/mol. The Morgan fingerprint density at radius 1 is 1.24 bits per heavy atom. The zero-order valence-corrected chi connectivity index (χ0v) is 15.2. The summed E-state index contributed by atoms with van der Waals surface area (Å²) in [6, 6.07) is 4.56. The van der Waals surface area contributed by atoms with E-state index in [1.165, 1.54) is 23.5 Å². The highest BCUT2D eigenvalue weighted by atomic mass is 32.2. The van der Waals surface area contributed by atoms with Crippen molar-refractivity contribution in [1.82, 2.24) is 4.31 Å². The number of nitrogens with zero attached hydrogens (tertiary/aromatic N) is 1. The van der Waals surface area contributed by atoms with Crippen LogP contribution in [0.4, 0.5) is 5.69 Å². The minimum Gasteiger partial charge on any atom is -0.495 e. The molecule has 1 aromatic rings. The van der Waals surface area contributed by atoms with Crippen LogP contribution in [0.5, 0.6) is 5.75 Å². The second kappa shape index (κ2) is 7.72. The summed E-state index contributed by atoms with van der Waals surface area (Å²) >= 11 is 0. The van der Waals surface area contributed by atoms with Crippen LogP contribution in [0, 0.1) is 0 Å². The average molecular weight is 368 g/mol. The lowest BCUT2D eigenvalue weighted by Crippen LogP contribution is -2.35. The molecule has 0 spiro atoms. The molecule has 1 aromatic carbocycles. The summed E-state index contributed by atoms with van der Waals surface area (Å²) < 4.78 is 37.8. The number of methoxy groups -OCH3 is 1.